The van der Waals surface area contributed by atoms with Crippen molar-refractivity contribution in [2.24, 2.45) is 0 Å². The van der Waals surface area contributed by atoms with Gasteiger partial charge in [-0.05, 0) is 131 Å². The molecule has 0 saturated carbocycles. The van der Waals surface area contributed by atoms with E-state index in [9.17, 15) is 123 Å². The topological polar surface area (TPSA) is 402 Å². The molecular weight excluding hydrogens is 1680 g/mol. The van der Waals surface area contributed by atoms with Gasteiger partial charge in [-0.3, -0.25) is 9.59 Å². The van der Waals surface area contributed by atoms with Crippen molar-refractivity contribution in [1.82, 2.24) is 0 Å². The zero-order valence-corrected chi connectivity index (χ0v) is 63.6. The summed E-state index contributed by atoms with van der Waals surface area (Å²) in [4.78, 5) is 31.8. The summed E-state index contributed by atoms with van der Waals surface area (Å²) in [7, 11) is -24.1. The molecule has 0 bridgehead atoms. The van der Waals surface area contributed by atoms with Gasteiger partial charge in [0.2, 0.25) is 34.8 Å². The van der Waals surface area contributed by atoms with Gasteiger partial charge in [-0.1, -0.05) is 136 Å². The Labute approximate surface area is 660 Å². The Kier molecular flexibility index (Phi) is 32.2. The zero-order valence-electron chi connectivity index (χ0n) is 59.5. The molecule has 10 rings (SSSR count). The monoisotopic (exact) mass is 1730 g/mol. The first-order valence-electron chi connectivity index (χ1n) is 32.0. The van der Waals surface area contributed by atoms with Gasteiger partial charge in [0.25, 0.3) is 0 Å². The summed E-state index contributed by atoms with van der Waals surface area (Å²) in [5, 5.41) is -3.58. The van der Waals surface area contributed by atoms with E-state index in [0.29, 0.717) is 45.6 Å². The molecular formula is C77H55F10O25S5-5. The molecule has 40 heteroatoms. The van der Waals surface area contributed by atoms with E-state index in [0.717, 1.165) is 34.4 Å². The van der Waals surface area contributed by atoms with Crippen molar-refractivity contribution in [3.05, 3.63) is 294 Å². The third-order valence-corrected chi connectivity index (χ3v) is 19.2. The normalized spacial score (nSPS) is 11.3. The number of benzene rings is 10. The van der Waals surface area contributed by atoms with Crippen LogP contribution in [-0.4, -0.2) is 115 Å². The van der Waals surface area contributed by atoms with Crippen molar-refractivity contribution >= 4 is 109 Å². The van der Waals surface area contributed by atoms with E-state index in [-0.39, 0.29) is 57.2 Å². The summed E-state index contributed by atoms with van der Waals surface area (Å²) < 4.78 is 332. The first-order chi connectivity index (χ1) is 54.7. The minimum absolute atomic E-state index is 0.0182. The molecule has 0 radical (unpaired) electrons. The SMILES string of the molecule is C=Cc1c(F)c(F)c(Oc2c(F)c(F)c(S(=O)(=O)[O-])c(F)c2F)c(F)c1F.C=Cc1ccc(OCCOc2ccc(S(=O)(=O)[O-])cc2)c(C(=O)OC)c1.C=Cc1cccc(OCC(=O)c2ccc(S(=O)(=O)[O-])cc2)c1.C=Cc1cccc(Oc2ccc(S(=O)(=O)[O-])cc2)c1.C=Cc1cccc2c(OC(=O)CC(F)(F)S(=O)(=O)[O-])cccc12. The maximum Gasteiger partial charge on any atom is 0.344 e. The van der Waals surface area contributed by atoms with Gasteiger partial charge in [-0.2, -0.15) is 26.3 Å². The van der Waals surface area contributed by atoms with Crippen LogP contribution in [0.3, 0.4) is 0 Å². The maximum atomic E-state index is 13.8. The summed E-state index contributed by atoms with van der Waals surface area (Å²) >= 11 is 0. The highest BCUT2D eigenvalue weighted by Crippen LogP contribution is 2.40. The Balaban J connectivity index is 0.000000228. The highest BCUT2D eigenvalue weighted by molar-refractivity contribution is 7.87. The van der Waals surface area contributed by atoms with Crippen molar-refractivity contribution in [2.45, 2.75) is 31.3 Å². The van der Waals surface area contributed by atoms with Crippen LogP contribution in [0.4, 0.5) is 43.9 Å². The van der Waals surface area contributed by atoms with Gasteiger partial charge in [-0.15, -0.1) is 0 Å². The lowest BCUT2D eigenvalue weighted by atomic mass is 10.0. The van der Waals surface area contributed by atoms with E-state index in [1.54, 1.807) is 103 Å². The number of halogens is 10. The number of hydrogen-bond donors (Lipinski definition) is 0. The number of Topliss-reactive ketones (excluding diaryl/α,β-unsaturated/α-hetero) is 1. The number of fused-ring (bicyclic) bond motifs is 1. The molecule has 0 aliphatic carbocycles. The minimum Gasteiger partial charge on any atom is -0.744 e. The Bertz CT molecular complexity index is 5980. The summed E-state index contributed by atoms with van der Waals surface area (Å²) in [6.45, 7) is 17.6. The number of esters is 2. The lowest BCUT2D eigenvalue weighted by molar-refractivity contribution is -0.138. The number of methoxy groups -OCH3 is 1. The van der Waals surface area contributed by atoms with Crippen LogP contribution in [0, 0.1) is 46.5 Å². The standard InChI is InChI=1S/C18H18O7S.C16H14O5S.C15H12F2O5S.C14H4F8O4S.C14H12O4S/c1-3-13-4-9-17(16(12-13)18(19)23-2)25-11-10-24-14-5-7-15(8-6-14)26(20,21)22;1-2-12-4-3-5-14(10-12)21-11-16(17)13-6-8-15(9-7-13)22(18,19)20;1-2-10-5-3-7-12-11(10)6-4-8-13(12)22-14(18)9-15(16,17)23(19,20)21;1-2-3-4(15)6(17)12(7(18)5(3)16)26-13-8(19)10(21)14(27(23,24)25)11(22)9(13)20;1-2-11-4-3-5-13(10-11)18-12-6-8-14(9-7-12)19(15,16)17/h3-9,12H,1,10-11H2,2H3,(H,20,21,22);2-10H,1,11H2,(H,18,19,20);2-8H,1,9H2,(H,19,20,21);2H,1H2,(H,23,24,25);2-10H,1H2,(H,15,16,17)/p-5. The number of hydrogen-bond acceptors (Lipinski definition) is 25. The van der Waals surface area contributed by atoms with Crippen LogP contribution in [0.1, 0.15) is 55.0 Å². The van der Waals surface area contributed by atoms with Gasteiger partial charge in [0.15, 0.2) is 45.8 Å². The Morgan fingerprint density at radius 2 is 0.863 bits per heavy atom. The van der Waals surface area contributed by atoms with Crippen LogP contribution < -0.4 is 28.4 Å². The zero-order chi connectivity index (χ0) is 87.3. The lowest BCUT2D eigenvalue weighted by Gasteiger charge is -2.19. The minimum atomic E-state index is -6.05. The molecule has 25 nitrogen and oxygen atoms in total. The molecule has 0 unspecified atom stereocenters. The fourth-order valence-corrected chi connectivity index (χ4v) is 11.6. The molecule has 117 heavy (non-hydrogen) atoms. The highest BCUT2D eigenvalue weighted by Gasteiger charge is 2.41. The van der Waals surface area contributed by atoms with Crippen molar-refractivity contribution in [3.63, 3.8) is 0 Å². The van der Waals surface area contributed by atoms with E-state index in [2.05, 4.69) is 37.6 Å². The molecule has 10 aromatic rings. The van der Waals surface area contributed by atoms with Crippen molar-refractivity contribution in [1.29, 1.82) is 0 Å². The molecule has 0 fully saturated rings. The Hall–Kier alpha value is -12.4. The van der Waals surface area contributed by atoms with Gasteiger partial charge in [0, 0.05) is 10.9 Å². The highest BCUT2D eigenvalue weighted by atomic mass is 32.2. The second kappa shape index (κ2) is 40.3. The molecule has 10 aromatic carbocycles. The van der Waals surface area contributed by atoms with Crippen molar-refractivity contribution < 1.29 is 156 Å². The fraction of sp³-hybridized carbons (Fsp3) is 0.0779. The molecule has 0 N–H and O–H groups in total. The fourth-order valence-electron chi connectivity index (χ4n) is 9.26. The first-order valence-corrected chi connectivity index (χ1v) is 39.0. The number of carbonyl (C=O) groups is 3. The van der Waals surface area contributed by atoms with Crippen LogP contribution in [0.5, 0.6) is 46.0 Å². The second-order valence-electron chi connectivity index (χ2n) is 22.7. The number of carbonyl (C=O) groups excluding carboxylic acids is 3. The predicted molar refractivity (Wildman–Crippen MR) is 395 cm³/mol. The molecule has 0 saturated heterocycles. The smallest absolute Gasteiger partial charge is 0.344 e. The summed E-state index contributed by atoms with van der Waals surface area (Å²) in [6, 6.07) is 44.2. The largest absolute Gasteiger partial charge is 0.744 e. The van der Waals surface area contributed by atoms with Crippen LogP contribution in [0.2, 0.25) is 0 Å². The average molecular weight is 1730 g/mol. The van der Waals surface area contributed by atoms with Crippen LogP contribution >= 0.6 is 0 Å². The van der Waals surface area contributed by atoms with Crippen LogP contribution in [0.25, 0.3) is 41.2 Å². The Morgan fingerprint density at radius 3 is 1.33 bits per heavy atom. The van der Waals surface area contributed by atoms with Gasteiger partial charge in [-0.25, -0.2) is 64.4 Å². The van der Waals surface area contributed by atoms with Gasteiger partial charge in [0.05, 0.1) is 27.4 Å². The van der Waals surface area contributed by atoms with Crippen LogP contribution in [0.15, 0.2) is 228 Å². The van der Waals surface area contributed by atoms with Crippen molar-refractivity contribution in [3.8, 4) is 46.0 Å². The molecule has 0 amide bonds. The predicted octanol–water partition coefficient (Wildman–Crippen LogP) is 15.1. The number of rotatable bonds is 27. The summed E-state index contributed by atoms with van der Waals surface area (Å²) in [6.07, 6.45) is 5.04. The summed E-state index contributed by atoms with van der Waals surface area (Å²) in [5.41, 5.74) is 2.51. The molecule has 0 aromatic heterocycles. The summed E-state index contributed by atoms with van der Waals surface area (Å²) in [5.74, 6) is -24.3. The number of ketones is 1. The third-order valence-electron chi connectivity index (χ3n) is 14.9. The van der Waals surface area contributed by atoms with E-state index in [1.165, 1.54) is 73.8 Å². The van der Waals surface area contributed by atoms with E-state index < -0.39 is 143 Å². The quantitative estimate of drug-likeness (QED) is 0.00877. The van der Waals surface area contributed by atoms with Crippen molar-refractivity contribution in [2.75, 3.05) is 26.9 Å². The van der Waals surface area contributed by atoms with Gasteiger partial charge in [0.1, 0.15) is 105 Å². The lowest BCUT2D eigenvalue weighted by Crippen LogP contribution is -2.32. The third kappa shape index (κ3) is 25.6. The molecule has 0 atom stereocenters. The van der Waals surface area contributed by atoms with E-state index >= 15 is 0 Å². The van der Waals surface area contributed by atoms with Gasteiger partial charge >= 0.3 is 17.2 Å². The Morgan fingerprint density at radius 1 is 0.419 bits per heavy atom. The second-order valence-corrected chi connectivity index (χ2v) is 29.6. The number of ether oxygens (including phenoxy) is 7. The molecule has 0 aliphatic rings. The van der Waals surface area contributed by atoms with Crippen LogP contribution in [-0.2, 0) is 60.1 Å². The molecule has 0 heterocycles. The average Bonchev–Trinajstić information content (AvgIpc) is 0.757. The first kappa shape index (κ1) is 93.5. The van der Waals surface area contributed by atoms with Gasteiger partial charge < -0.3 is 55.9 Å². The van der Waals surface area contributed by atoms with E-state index in [1.807, 2.05) is 18.2 Å². The molecule has 618 valence electrons. The molecule has 0 spiro atoms. The van der Waals surface area contributed by atoms with E-state index in [4.69, 9.17) is 28.4 Å². The number of alkyl halides is 2. The molecule has 0 aliphatic heterocycles. The maximum absolute atomic E-state index is 13.8.